The third kappa shape index (κ3) is 2.75. The molecule has 1 aliphatic heterocycles. The van der Waals surface area contributed by atoms with Gasteiger partial charge in [-0.2, -0.15) is 0 Å². The molecule has 0 bridgehead atoms. The highest BCUT2D eigenvalue weighted by molar-refractivity contribution is 5.83. The van der Waals surface area contributed by atoms with Crippen LogP contribution in [0.2, 0.25) is 0 Å². The molecule has 1 unspecified atom stereocenters. The maximum atomic E-state index is 11.2. The lowest BCUT2D eigenvalue weighted by Crippen LogP contribution is -2.36. The number of carbonyl (C=O) groups excluding carboxylic acids is 1. The van der Waals surface area contributed by atoms with Crippen LogP contribution in [0.1, 0.15) is 39.9 Å². The Hall–Kier alpha value is -2.18. The molecule has 0 saturated carbocycles. The van der Waals surface area contributed by atoms with Gasteiger partial charge in [-0.1, -0.05) is 20.8 Å². The quantitative estimate of drug-likeness (QED) is 0.875. The molecule has 3 rings (SSSR count). The van der Waals surface area contributed by atoms with E-state index in [1.165, 1.54) is 0 Å². The molecular formula is C15H22N6O. The molecule has 1 saturated heterocycles. The highest BCUT2D eigenvalue weighted by atomic mass is 16.1. The van der Waals surface area contributed by atoms with Crippen molar-refractivity contribution < 1.29 is 4.79 Å². The number of aromatic amines is 1. The van der Waals surface area contributed by atoms with Crippen LogP contribution >= 0.6 is 0 Å². The lowest BCUT2D eigenvalue weighted by molar-refractivity contribution is -0.119. The molecular weight excluding hydrogens is 280 g/mol. The summed E-state index contributed by atoms with van der Waals surface area (Å²) in [5.41, 5.74) is 1.41. The number of rotatable bonds is 2. The van der Waals surface area contributed by atoms with E-state index in [1.54, 1.807) is 13.3 Å². The van der Waals surface area contributed by atoms with Crippen LogP contribution in [0.25, 0.3) is 11.2 Å². The van der Waals surface area contributed by atoms with Gasteiger partial charge in [0.25, 0.3) is 0 Å². The Kier molecular flexibility index (Phi) is 3.50. The summed E-state index contributed by atoms with van der Waals surface area (Å²) in [6.07, 6.45) is 2.57. The van der Waals surface area contributed by atoms with E-state index in [1.807, 2.05) is 0 Å². The van der Waals surface area contributed by atoms with E-state index in [0.717, 1.165) is 36.7 Å². The summed E-state index contributed by atoms with van der Waals surface area (Å²) in [7, 11) is 0. The molecule has 7 heteroatoms. The minimum Gasteiger partial charge on any atom is -0.353 e. The van der Waals surface area contributed by atoms with Crippen LogP contribution in [0.5, 0.6) is 0 Å². The van der Waals surface area contributed by atoms with Crippen LogP contribution in [-0.2, 0) is 10.2 Å². The molecule has 0 radical (unpaired) electrons. The van der Waals surface area contributed by atoms with Crippen molar-refractivity contribution in [3.8, 4) is 0 Å². The fourth-order valence-electron chi connectivity index (χ4n) is 2.74. The zero-order valence-electron chi connectivity index (χ0n) is 13.5. The zero-order chi connectivity index (χ0) is 15.9. The summed E-state index contributed by atoms with van der Waals surface area (Å²) in [5.74, 6) is 1.67. The molecule has 3 heterocycles. The van der Waals surface area contributed by atoms with E-state index in [4.69, 9.17) is 4.98 Å². The van der Waals surface area contributed by atoms with Crippen molar-refractivity contribution in [3.63, 3.8) is 0 Å². The number of fused-ring (bicyclic) bond motifs is 1. The summed E-state index contributed by atoms with van der Waals surface area (Å²) in [6, 6.07) is 0.170. The lowest BCUT2D eigenvalue weighted by Gasteiger charge is -2.22. The van der Waals surface area contributed by atoms with Crippen LogP contribution in [0.3, 0.4) is 0 Å². The summed E-state index contributed by atoms with van der Waals surface area (Å²) in [6.45, 7) is 9.45. The summed E-state index contributed by atoms with van der Waals surface area (Å²) < 4.78 is 0. The third-order valence-electron chi connectivity index (χ3n) is 3.83. The smallest absolute Gasteiger partial charge is 0.217 e. The second-order valence-corrected chi connectivity index (χ2v) is 6.85. The molecule has 0 spiro atoms. The molecule has 1 fully saturated rings. The molecule has 7 nitrogen and oxygen atoms in total. The number of nitrogens with one attached hydrogen (secondary N) is 2. The summed E-state index contributed by atoms with van der Waals surface area (Å²) in [5, 5.41) is 2.98. The van der Waals surface area contributed by atoms with Crippen molar-refractivity contribution in [2.24, 2.45) is 0 Å². The second kappa shape index (κ2) is 5.23. The molecule has 1 atom stereocenters. The maximum absolute atomic E-state index is 11.2. The number of amides is 1. The Morgan fingerprint density at radius 3 is 2.86 bits per heavy atom. The van der Waals surface area contributed by atoms with E-state index in [2.05, 4.69) is 45.9 Å². The van der Waals surface area contributed by atoms with Gasteiger partial charge in [0.1, 0.15) is 11.3 Å². The Morgan fingerprint density at radius 2 is 2.18 bits per heavy atom. The van der Waals surface area contributed by atoms with E-state index in [-0.39, 0.29) is 17.4 Å². The van der Waals surface area contributed by atoms with E-state index >= 15 is 0 Å². The first-order valence-corrected chi connectivity index (χ1v) is 7.58. The number of carbonyl (C=O) groups is 1. The first-order valence-electron chi connectivity index (χ1n) is 7.58. The Labute approximate surface area is 129 Å². The van der Waals surface area contributed by atoms with Gasteiger partial charge in [0.15, 0.2) is 11.5 Å². The van der Waals surface area contributed by atoms with Gasteiger partial charge in [0.2, 0.25) is 5.91 Å². The van der Waals surface area contributed by atoms with Crippen LogP contribution in [0.15, 0.2) is 6.33 Å². The van der Waals surface area contributed by atoms with Gasteiger partial charge < -0.3 is 15.2 Å². The molecule has 2 N–H and O–H groups in total. The number of anilines is 1. The third-order valence-corrected chi connectivity index (χ3v) is 3.83. The second-order valence-electron chi connectivity index (χ2n) is 6.85. The van der Waals surface area contributed by atoms with E-state index in [0.29, 0.717) is 5.65 Å². The SMILES string of the molecule is CC(=O)NC1CCN(c2nc(C(C)(C)C)nc3nc[nH]c23)C1. The predicted octanol–water partition coefficient (Wildman–Crippen LogP) is 1.37. The van der Waals surface area contributed by atoms with Gasteiger partial charge >= 0.3 is 0 Å². The fraction of sp³-hybridized carbons (Fsp3) is 0.600. The molecule has 0 aromatic carbocycles. The van der Waals surface area contributed by atoms with Gasteiger partial charge in [-0.3, -0.25) is 4.79 Å². The van der Waals surface area contributed by atoms with Gasteiger partial charge in [0, 0.05) is 31.5 Å². The maximum Gasteiger partial charge on any atom is 0.217 e. The van der Waals surface area contributed by atoms with Crippen LogP contribution in [0, 0.1) is 0 Å². The van der Waals surface area contributed by atoms with Gasteiger partial charge in [-0.25, -0.2) is 15.0 Å². The van der Waals surface area contributed by atoms with Crippen molar-refractivity contribution in [1.82, 2.24) is 25.3 Å². The topological polar surface area (TPSA) is 86.8 Å². The number of imidazole rings is 1. The monoisotopic (exact) mass is 302 g/mol. The predicted molar refractivity (Wildman–Crippen MR) is 84.8 cm³/mol. The fourth-order valence-corrected chi connectivity index (χ4v) is 2.74. The molecule has 2 aromatic heterocycles. The minimum absolute atomic E-state index is 0.0107. The van der Waals surface area contributed by atoms with Gasteiger partial charge in [-0.05, 0) is 6.42 Å². The van der Waals surface area contributed by atoms with Crippen LogP contribution in [-0.4, -0.2) is 45.0 Å². The normalized spacial score (nSPS) is 18.9. The largest absolute Gasteiger partial charge is 0.353 e. The minimum atomic E-state index is -0.140. The van der Waals surface area contributed by atoms with Crippen molar-refractivity contribution in [2.75, 3.05) is 18.0 Å². The average molecular weight is 302 g/mol. The van der Waals surface area contributed by atoms with Crippen molar-refractivity contribution in [1.29, 1.82) is 0 Å². The lowest BCUT2D eigenvalue weighted by atomic mass is 9.96. The zero-order valence-corrected chi connectivity index (χ0v) is 13.5. The highest BCUT2D eigenvalue weighted by Crippen LogP contribution is 2.28. The highest BCUT2D eigenvalue weighted by Gasteiger charge is 2.28. The number of hydrogen-bond donors (Lipinski definition) is 2. The number of hydrogen-bond acceptors (Lipinski definition) is 5. The van der Waals surface area contributed by atoms with Gasteiger partial charge in [-0.15, -0.1) is 0 Å². The van der Waals surface area contributed by atoms with E-state index in [9.17, 15) is 4.79 Å². The van der Waals surface area contributed by atoms with Crippen molar-refractivity contribution in [3.05, 3.63) is 12.2 Å². The Bertz CT molecular complexity index is 702. The Morgan fingerprint density at radius 1 is 1.41 bits per heavy atom. The first kappa shape index (κ1) is 14.7. The summed E-state index contributed by atoms with van der Waals surface area (Å²) in [4.78, 5) is 30.2. The average Bonchev–Trinajstić information content (AvgIpc) is 3.03. The molecule has 1 amide bonds. The first-order chi connectivity index (χ1) is 10.3. The Balaban J connectivity index is 1.96. The molecule has 22 heavy (non-hydrogen) atoms. The number of aromatic nitrogens is 4. The molecule has 0 aliphatic carbocycles. The van der Waals surface area contributed by atoms with Crippen molar-refractivity contribution in [2.45, 2.75) is 45.6 Å². The molecule has 1 aliphatic rings. The molecule has 118 valence electrons. The van der Waals surface area contributed by atoms with E-state index < -0.39 is 0 Å². The van der Waals surface area contributed by atoms with Crippen LogP contribution in [0.4, 0.5) is 5.82 Å². The van der Waals surface area contributed by atoms with Crippen LogP contribution < -0.4 is 10.2 Å². The standard InChI is InChI=1S/C15H22N6O/c1-9(22)18-10-5-6-21(7-10)13-11-12(17-8-16-11)19-14(20-13)15(2,3)4/h8,10H,5-7H2,1-4H3,(H,18,22)(H,16,17,19,20). The van der Waals surface area contributed by atoms with Gasteiger partial charge in [0.05, 0.1) is 6.33 Å². The molecule has 2 aromatic rings. The van der Waals surface area contributed by atoms with Crippen molar-refractivity contribution >= 4 is 22.9 Å². The number of H-pyrrole nitrogens is 1. The number of nitrogens with zero attached hydrogens (tertiary/aromatic N) is 4. The summed E-state index contributed by atoms with van der Waals surface area (Å²) >= 11 is 0.